The molecule has 3 radical (unpaired) electrons. The fourth-order valence-corrected chi connectivity index (χ4v) is 0. The molecule has 0 rings (SSSR count). The molecule has 0 unspecified atom stereocenters. The van der Waals surface area contributed by atoms with Crippen LogP contribution in [0.5, 0.6) is 0 Å². The van der Waals surface area contributed by atoms with Crippen LogP contribution in [0.2, 0.25) is 0 Å². The second kappa shape index (κ2) is 20.2. The molecule has 0 fully saturated rings. The van der Waals surface area contributed by atoms with Crippen molar-refractivity contribution in [1.29, 1.82) is 0 Å². The largest absolute Gasteiger partial charge is 2.00 e. The van der Waals surface area contributed by atoms with Crippen LogP contribution in [0.15, 0.2) is 0 Å². The van der Waals surface area contributed by atoms with Gasteiger partial charge >= 0.3 is 84.4 Å². The Morgan fingerprint density at radius 2 is 0.688 bits per heavy atom. The molecule has 102 valence electrons. The molecule has 0 heterocycles. The van der Waals surface area contributed by atoms with E-state index in [0.717, 1.165) is 0 Å². The minimum atomic E-state index is -5.39. The van der Waals surface area contributed by atoms with Gasteiger partial charge in [0.1, 0.15) is 0 Å². The number of hydrogen-bond donors (Lipinski definition) is 0. The third kappa shape index (κ3) is 517. The zero-order valence-electron chi connectivity index (χ0n) is 6.38. The first kappa shape index (κ1) is 36.4. The van der Waals surface area contributed by atoms with Gasteiger partial charge in [0.25, 0.3) is 0 Å². The molecule has 0 N–H and O–H groups in total. The van der Waals surface area contributed by atoms with Gasteiger partial charge in [-0.3, -0.25) is 0 Å². The molecule has 0 saturated carbocycles. The summed E-state index contributed by atoms with van der Waals surface area (Å²) in [5.74, 6) is 0. The van der Waals surface area contributed by atoms with Crippen molar-refractivity contribution in [3.8, 4) is 0 Å². The first-order chi connectivity index (χ1) is 5.41. The average Bonchev–Trinajstić information content (AvgIpc) is 1.52. The van der Waals surface area contributed by atoms with E-state index in [4.69, 9.17) is 58.8 Å². The van der Waals surface area contributed by atoms with Gasteiger partial charge in [-0.2, -0.15) is 15.6 Å². The Bertz CT molecular complexity index is 155. The SMILES string of the molecule is O=P([O-])([O-])[O-].O=P([O-])([O-])[O-].[Cl][Co][Cl].[Mn+2].[Mn+2].[Mn+2]. The van der Waals surface area contributed by atoms with Gasteiger partial charge in [0.05, 0.1) is 0 Å². The zero-order chi connectivity index (χ0) is 11.7. The molecule has 0 aromatic rings. The predicted octanol–water partition coefficient (Wildman–Crippen LogP) is -4.28. The summed E-state index contributed by atoms with van der Waals surface area (Å²) in [4.78, 5) is 51.3. The maximum absolute atomic E-state index is 8.55. The van der Waals surface area contributed by atoms with Gasteiger partial charge in [0, 0.05) is 0 Å². The van der Waals surface area contributed by atoms with E-state index < -0.39 is 15.6 Å². The van der Waals surface area contributed by atoms with Gasteiger partial charge in [-0.15, -0.1) is 0 Å². The van der Waals surface area contributed by atoms with Crippen LogP contribution in [0.25, 0.3) is 0 Å². The fourth-order valence-electron chi connectivity index (χ4n) is 0. The second-order valence-corrected chi connectivity index (χ2v) is 4.45. The first-order valence-electron chi connectivity index (χ1n) is 1.71. The van der Waals surface area contributed by atoms with Gasteiger partial charge in [-0.1, -0.05) is 0 Å². The molecule has 8 nitrogen and oxygen atoms in total. The molecule has 0 spiro atoms. The van der Waals surface area contributed by atoms with Crippen LogP contribution in [-0.2, 0) is 73.2 Å². The number of hydrogen-bond acceptors (Lipinski definition) is 8. The normalized spacial score (nSPS) is 8.75. The van der Waals surface area contributed by atoms with Crippen molar-refractivity contribution in [1.82, 2.24) is 0 Å². The van der Waals surface area contributed by atoms with E-state index >= 15 is 0 Å². The molecule has 0 aliphatic rings. The second-order valence-electron chi connectivity index (χ2n) is 0.942. The molecule has 16 heteroatoms. The summed E-state index contributed by atoms with van der Waals surface area (Å²) >= 11 is 0.382. The third-order valence-corrected chi connectivity index (χ3v) is 0. The van der Waals surface area contributed by atoms with E-state index in [0.29, 0.717) is 12.9 Å². The van der Waals surface area contributed by atoms with E-state index in [2.05, 4.69) is 0 Å². The number of rotatable bonds is 0. The Labute approximate surface area is 137 Å². The topological polar surface area (TPSA) is 172 Å². The summed E-state index contributed by atoms with van der Waals surface area (Å²) < 4.78 is 17.1. The smallest absolute Gasteiger partial charge is 2.00 e. The maximum atomic E-state index is 8.55. The molecule has 0 atom stereocenters. The third-order valence-electron chi connectivity index (χ3n) is 0. The summed E-state index contributed by atoms with van der Waals surface area (Å²) in [6.45, 7) is 0. The van der Waals surface area contributed by atoms with E-state index in [1.54, 1.807) is 0 Å². The van der Waals surface area contributed by atoms with Crippen LogP contribution in [0.4, 0.5) is 0 Å². The quantitative estimate of drug-likeness (QED) is 0.245. The van der Waals surface area contributed by atoms with E-state index in [1.165, 1.54) is 0 Å². The van der Waals surface area contributed by atoms with Crippen molar-refractivity contribution in [3.63, 3.8) is 0 Å². The monoisotopic (exact) mass is 484 g/mol. The molecule has 0 saturated heterocycles. The first-order valence-corrected chi connectivity index (χ1v) is 7.50. The summed E-state index contributed by atoms with van der Waals surface area (Å²) in [6, 6.07) is 0. The van der Waals surface area contributed by atoms with Crippen molar-refractivity contribution >= 4 is 35.9 Å². The van der Waals surface area contributed by atoms with Gasteiger partial charge in [0.15, 0.2) is 0 Å². The van der Waals surface area contributed by atoms with E-state index in [9.17, 15) is 0 Å². The molecule has 0 aliphatic carbocycles. The molecule has 0 aromatic heterocycles. The summed E-state index contributed by atoms with van der Waals surface area (Å²) in [6.07, 6.45) is 0. The van der Waals surface area contributed by atoms with Crippen LogP contribution in [0.1, 0.15) is 0 Å². The van der Waals surface area contributed by atoms with Gasteiger partial charge < -0.3 is 38.5 Å². The van der Waals surface area contributed by atoms with E-state index in [-0.39, 0.29) is 51.2 Å². The summed E-state index contributed by atoms with van der Waals surface area (Å²) in [5, 5.41) is 0. The maximum Gasteiger partial charge on any atom is 2.00 e. The molecule has 16 heavy (non-hydrogen) atoms. The molecule has 0 aliphatic heterocycles. The summed E-state index contributed by atoms with van der Waals surface area (Å²) in [7, 11) is -1.31. The number of phosphoric acid groups is 2. The van der Waals surface area contributed by atoms with Crippen molar-refractivity contribution in [2.45, 2.75) is 0 Å². The Hall–Kier alpha value is 2.86. The van der Waals surface area contributed by atoms with Crippen molar-refractivity contribution in [2.75, 3.05) is 0 Å². The van der Waals surface area contributed by atoms with E-state index in [1.807, 2.05) is 0 Å². The Morgan fingerprint density at radius 1 is 0.688 bits per heavy atom. The van der Waals surface area contributed by atoms with Gasteiger partial charge in [0.2, 0.25) is 0 Å². The predicted molar refractivity (Wildman–Crippen MR) is 26.9 cm³/mol. The minimum absolute atomic E-state index is 0. The van der Waals surface area contributed by atoms with Gasteiger partial charge in [-0.05, 0) is 0 Å². The number of halogens is 2. The van der Waals surface area contributed by atoms with Crippen molar-refractivity contribution < 1.29 is 103 Å². The Morgan fingerprint density at radius 3 is 0.688 bits per heavy atom. The summed E-state index contributed by atoms with van der Waals surface area (Å²) in [5.41, 5.74) is 0. The van der Waals surface area contributed by atoms with Crippen molar-refractivity contribution in [2.24, 2.45) is 0 Å². The van der Waals surface area contributed by atoms with Crippen LogP contribution >= 0.6 is 35.9 Å². The standard InChI is InChI=1S/2ClH.Co.3Mn.2H3O4P/c;;;;;;2*1-5(2,3)4/h2*1H;;;;;2*(H3,1,2,3,4)/q;;4*+2;;/p-8. The molecule has 0 bridgehead atoms. The average molecular weight is 485 g/mol. The Balaban J connectivity index is -0.0000000220. The molecular formula is Cl2CoMn3O8P2. The fraction of sp³-hybridized carbons (Fsp3) is 0. The zero-order valence-corrected chi connectivity index (χ0v) is 14.3. The molecular weight excluding hydrogens is 485 g/mol. The Kier molecular flexibility index (Phi) is 45.9. The minimum Gasteiger partial charge on any atom is 2.00 e. The van der Waals surface area contributed by atoms with Crippen LogP contribution < -0.4 is 29.4 Å². The molecule has 0 aromatic carbocycles. The van der Waals surface area contributed by atoms with Crippen LogP contribution in [0.3, 0.4) is 0 Å². The molecule has 0 amide bonds. The van der Waals surface area contributed by atoms with Crippen LogP contribution in [0, 0.1) is 0 Å². The van der Waals surface area contributed by atoms with Crippen molar-refractivity contribution in [3.05, 3.63) is 0 Å². The van der Waals surface area contributed by atoms with Crippen LogP contribution in [-0.4, -0.2) is 0 Å². The van der Waals surface area contributed by atoms with Gasteiger partial charge in [-0.25, -0.2) is 0 Å².